The van der Waals surface area contributed by atoms with Crippen molar-refractivity contribution in [2.24, 2.45) is 7.05 Å². The maximum Gasteiger partial charge on any atom is 0.330 e. The fourth-order valence-electron chi connectivity index (χ4n) is 1.76. The number of ether oxygens (including phenoxy) is 1. The van der Waals surface area contributed by atoms with E-state index in [2.05, 4.69) is 0 Å². The van der Waals surface area contributed by atoms with E-state index in [1.165, 1.54) is 23.9 Å². The molecular formula is C10H14N2O3. The number of nitrogens with zero attached hydrogens (tertiary/aromatic N) is 2. The van der Waals surface area contributed by atoms with Crippen molar-refractivity contribution in [1.29, 1.82) is 0 Å². The van der Waals surface area contributed by atoms with Crippen LogP contribution in [0.25, 0.3) is 0 Å². The summed E-state index contributed by atoms with van der Waals surface area (Å²) in [6.07, 6.45) is 3.67. The van der Waals surface area contributed by atoms with Crippen molar-refractivity contribution in [3.63, 3.8) is 0 Å². The Balaban J connectivity index is 2.25. The Morgan fingerprint density at radius 1 is 1.53 bits per heavy atom. The number of hydrogen-bond acceptors (Lipinski definition) is 3. The Morgan fingerprint density at radius 2 is 2.33 bits per heavy atom. The van der Waals surface area contributed by atoms with Crippen molar-refractivity contribution in [3.8, 4) is 0 Å². The van der Waals surface area contributed by atoms with Crippen LogP contribution in [-0.2, 0) is 18.3 Å². The van der Waals surface area contributed by atoms with Gasteiger partial charge in [-0.2, -0.15) is 0 Å². The van der Waals surface area contributed by atoms with Crippen LogP contribution >= 0.6 is 0 Å². The summed E-state index contributed by atoms with van der Waals surface area (Å²) >= 11 is 0. The van der Waals surface area contributed by atoms with Gasteiger partial charge >= 0.3 is 5.69 Å². The zero-order valence-corrected chi connectivity index (χ0v) is 8.68. The summed E-state index contributed by atoms with van der Waals surface area (Å²) in [5.74, 6) is 0. The standard InChI is InChI=1S/C10H14N2O3/c1-11-9(13)4-5-12(10(11)14)7-8-3-2-6-15-8/h4-5,8H,2-3,6-7H2,1H3/t8-/m0/s1. The van der Waals surface area contributed by atoms with Crippen LogP contribution in [0.2, 0.25) is 0 Å². The molecule has 0 aliphatic carbocycles. The number of aromatic nitrogens is 2. The molecule has 0 radical (unpaired) electrons. The minimum absolute atomic E-state index is 0.111. The molecule has 0 unspecified atom stereocenters. The topological polar surface area (TPSA) is 53.2 Å². The predicted molar refractivity (Wildman–Crippen MR) is 54.9 cm³/mol. The second kappa shape index (κ2) is 4.02. The molecule has 0 amide bonds. The molecule has 1 aliphatic rings. The van der Waals surface area contributed by atoms with Crippen LogP contribution in [0.3, 0.4) is 0 Å². The van der Waals surface area contributed by atoms with E-state index >= 15 is 0 Å². The molecule has 0 saturated carbocycles. The van der Waals surface area contributed by atoms with Crippen molar-refractivity contribution < 1.29 is 4.74 Å². The van der Waals surface area contributed by atoms with Crippen LogP contribution in [0.5, 0.6) is 0 Å². The van der Waals surface area contributed by atoms with E-state index < -0.39 is 0 Å². The minimum Gasteiger partial charge on any atom is -0.376 e. The molecule has 5 heteroatoms. The molecule has 0 N–H and O–H groups in total. The quantitative estimate of drug-likeness (QED) is 0.675. The van der Waals surface area contributed by atoms with Gasteiger partial charge in [-0.15, -0.1) is 0 Å². The van der Waals surface area contributed by atoms with Gasteiger partial charge in [0.25, 0.3) is 5.56 Å². The van der Waals surface area contributed by atoms with Gasteiger partial charge in [-0.1, -0.05) is 0 Å². The van der Waals surface area contributed by atoms with Gasteiger partial charge in [-0.3, -0.25) is 13.9 Å². The monoisotopic (exact) mass is 210 g/mol. The molecule has 5 nitrogen and oxygen atoms in total. The normalized spacial score (nSPS) is 20.7. The fourth-order valence-corrected chi connectivity index (χ4v) is 1.76. The highest BCUT2D eigenvalue weighted by Gasteiger charge is 2.16. The summed E-state index contributed by atoms with van der Waals surface area (Å²) < 4.78 is 8.07. The predicted octanol–water partition coefficient (Wildman–Crippen LogP) is -0.274. The molecule has 2 rings (SSSR count). The first-order chi connectivity index (χ1) is 7.18. The van der Waals surface area contributed by atoms with Gasteiger partial charge in [0.15, 0.2) is 0 Å². The molecule has 1 aliphatic heterocycles. The highest BCUT2D eigenvalue weighted by molar-refractivity contribution is 4.86. The van der Waals surface area contributed by atoms with Gasteiger partial charge in [0, 0.05) is 25.9 Å². The zero-order valence-electron chi connectivity index (χ0n) is 8.68. The highest BCUT2D eigenvalue weighted by atomic mass is 16.5. The Hall–Kier alpha value is -1.36. The summed E-state index contributed by atoms with van der Waals surface area (Å²) in [7, 11) is 1.48. The lowest BCUT2D eigenvalue weighted by atomic mass is 10.2. The first-order valence-electron chi connectivity index (χ1n) is 5.06. The number of hydrogen-bond donors (Lipinski definition) is 0. The van der Waals surface area contributed by atoms with Gasteiger partial charge < -0.3 is 4.74 Å². The SMILES string of the molecule is Cn1c(=O)ccn(C[C@@H]2CCCO2)c1=O. The molecule has 1 aromatic rings. The lowest BCUT2D eigenvalue weighted by molar-refractivity contribution is 0.0954. The van der Waals surface area contributed by atoms with Gasteiger partial charge in [0.1, 0.15) is 0 Å². The van der Waals surface area contributed by atoms with Crippen molar-refractivity contribution in [2.75, 3.05) is 6.61 Å². The van der Waals surface area contributed by atoms with Crippen LogP contribution in [0.1, 0.15) is 12.8 Å². The molecule has 1 fully saturated rings. The maximum absolute atomic E-state index is 11.6. The molecule has 1 saturated heterocycles. The van der Waals surface area contributed by atoms with E-state index in [-0.39, 0.29) is 17.4 Å². The van der Waals surface area contributed by atoms with Gasteiger partial charge in [-0.05, 0) is 12.8 Å². The van der Waals surface area contributed by atoms with Crippen LogP contribution < -0.4 is 11.2 Å². The van der Waals surface area contributed by atoms with Gasteiger partial charge in [0.05, 0.1) is 12.6 Å². The van der Waals surface area contributed by atoms with Crippen molar-refractivity contribution in [2.45, 2.75) is 25.5 Å². The summed E-state index contributed by atoms with van der Waals surface area (Å²) in [6.45, 7) is 1.30. The van der Waals surface area contributed by atoms with E-state index in [1.54, 1.807) is 0 Å². The number of rotatable bonds is 2. The van der Waals surface area contributed by atoms with Crippen LogP contribution in [0.15, 0.2) is 21.9 Å². The summed E-state index contributed by atoms with van der Waals surface area (Å²) in [6, 6.07) is 1.40. The Bertz CT molecular complexity index is 454. The first kappa shape index (κ1) is 10.2. The second-order valence-corrected chi connectivity index (χ2v) is 3.78. The van der Waals surface area contributed by atoms with Crippen molar-refractivity contribution in [1.82, 2.24) is 9.13 Å². The molecule has 2 heterocycles. The average molecular weight is 210 g/mol. The molecule has 15 heavy (non-hydrogen) atoms. The van der Waals surface area contributed by atoms with E-state index in [4.69, 9.17) is 4.74 Å². The van der Waals surface area contributed by atoms with E-state index in [9.17, 15) is 9.59 Å². The van der Waals surface area contributed by atoms with Crippen molar-refractivity contribution in [3.05, 3.63) is 33.1 Å². The highest BCUT2D eigenvalue weighted by Crippen LogP contribution is 2.12. The van der Waals surface area contributed by atoms with Crippen LogP contribution in [0, 0.1) is 0 Å². The molecule has 0 aromatic carbocycles. The van der Waals surface area contributed by atoms with Crippen LogP contribution in [0.4, 0.5) is 0 Å². The molecule has 1 atom stereocenters. The second-order valence-electron chi connectivity index (χ2n) is 3.78. The van der Waals surface area contributed by atoms with E-state index in [0.717, 1.165) is 24.0 Å². The fraction of sp³-hybridized carbons (Fsp3) is 0.600. The minimum atomic E-state index is -0.280. The lowest BCUT2D eigenvalue weighted by Gasteiger charge is -2.11. The third-order valence-electron chi connectivity index (χ3n) is 2.68. The van der Waals surface area contributed by atoms with Gasteiger partial charge in [0.2, 0.25) is 0 Å². The lowest BCUT2D eigenvalue weighted by Crippen LogP contribution is -2.38. The summed E-state index contributed by atoms with van der Waals surface area (Å²) in [5.41, 5.74) is -0.554. The molecule has 1 aromatic heterocycles. The largest absolute Gasteiger partial charge is 0.376 e. The average Bonchev–Trinajstić information content (AvgIpc) is 2.72. The third kappa shape index (κ3) is 2.02. The van der Waals surface area contributed by atoms with Gasteiger partial charge in [-0.25, -0.2) is 4.79 Å². The first-order valence-corrected chi connectivity index (χ1v) is 5.06. The molecular weight excluding hydrogens is 196 g/mol. The van der Waals surface area contributed by atoms with E-state index in [0.29, 0.717) is 6.54 Å². The summed E-state index contributed by atoms with van der Waals surface area (Å²) in [4.78, 5) is 22.8. The maximum atomic E-state index is 11.6. The Labute approximate surface area is 86.9 Å². The summed E-state index contributed by atoms with van der Waals surface area (Å²) in [5, 5.41) is 0. The Kier molecular flexibility index (Phi) is 2.73. The third-order valence-corrected chi connectivity index (χ3v) is 2.68. The molecule has 0 spiro atoms. The van der Waals surface area contributed by atoms with E-state index in [1.807, 2.05) is 0 Å². The molecule has 0 bridgehead atoms. The van der Waals surface area contributed by atoms with Crippen molar-refractivity contribution >= 4 is 0 Å². The smallest absolute Gasteiger partial charge is 0.330 e. The molecule has 82 valence electrons. The zero-order chi connectivity index (χ0) is 10.8. The van der Waals surface area contributed by atoms with Crippen LogP contribution in [-0.4, -0.2) is 21.8 Å². The Morgan fingerprint density at radius 3 is 3.00 bits per heavy atom.